The highest BCUT2D eigenvalue weighted by Crippen LogP contribution is 2.37. The fourth-order valence-corrected chi connectivity index (χ4v) is 2.25. The Hall–Kier alpha value is -2.77. The lowest BCUT2D eigenvalue weighted by atomic mass is 10.1. The third-order valence-electron chi connectivity index (χ3n) is 3.72. The van der Waals surface area contributed by atoms with Crippen molar-refractivity contribution in [1.82, 2.24) is 0 Å². The molecule has 144 valence electrons. The van der Waals surface area contributed by atoms with Gasteiger partial charge >= 0.3 is 12.4 Å². The topological polar surface area (TPSA) is 29.1 Å². The van der Waals surface area contributed by atoms with E-state index in [2.05, 4.69) is 5.32 Å². The third kappa shape index (κ3) is 5.60. The molecule has 0 amide bonds. The van der Waals surface area contributed by atoms with Crippen LogP contribution in [0.3, 0.4) is 0 Å². The van der Waals surface area contributed by atoms with Gasteiger partial charge in [0.25, 0.3) is 0 Å². The van der Waals surface area contributed by atoms with Gasteiger partial charge in [-0.3, -0.25) is 4.79 Å². The molecule has 0 aliphatic rings. The molecule has 27 heavy (non-hydrogen) atoms. The molecule has 1 N–H and O–H groups in total. The van der Waals surface area contributed by atoms with Crippen molar-refractivity contribution < 1.29 is 31.1 Å². The van der Waals surface area contributed by atoms with Crippen molar-refractivity contribution in [3.8, 4) is 0 Å². The maximum Gasteiger partial charge on any atom is 0.416 e. The number of hydrogen-bond donors (Lipinski definition) is 1. The number of allylic oxidation sites excluding steroid dienone is 1. The number of benzene rings is 2. The first-order chi connectivity index (χ1) is 12.5. The molecule has 0 unspecified atom stereocenters. The van der Waals surface area contributed by atoms with E-state index < -0.39 is 35.0 Å². The zero-order valence-corrected chi connectivity index (χ0v) is 14.1. The average Bonchev–Trinajstić information content (AvgIpc) is 2.60. The molecule has 8 heteroatoms. The maximum absolute atomic E-state index is 12.8. The molecular formula is C19H15F6NO. The summed E-state index contributed by atoms with van der Waals surface area (Å²) < 4.78 is 76.8. The van der Waals surface area contributed by atoms with E-state index in [1.54, 1.807) is 24.3 Å². The van der Waals surface area contributed by atoms with Crippen molar-refractivity contribution in [3.63, 3.8) is 0 Å². The highest BCUT2D eigenvalue weighted by molar-refractivity contribution is 6.04. The summed E-state index contributed by atoms with van der Waals surface area (Å²) in [5, 5.41) is 2.29. The molecule has 0 saturated heterocycles. The predicted octanol–water partition coefficient (Wildman–Crippen LogP) is 6.10. The monoisotopic (exact) mass is 387 g/mol. The smallest absolute Gasteiger partial charge is 0.362 e. The molecular weight excluding hydrogens is 372 g/mol. The Morgan fingerprint density at radius 2 is 1.44 bits per heavy atom. The molecule has 0 radical (unpaired) electrons. The van der Waals surface area contributed by atoms with E-state index in [9.17, 15) is 31.1 Å². The summed E-state index contributed by atoms with van der Waals surface area (Å²) >= 11 is 0. The summed E-state index contributed by atoms with van der Waals surface area (Å²) in [4.78, 5) is 12.0. The SMILES string of the molecule is CCc1ccc(C(=O)/C=C\Nc2cc(C(F)(F)F)cc(C(F)(F)F)c2)cc1. The standard InChI is InChI=1S/C19H15F6NO/c1-2-12-3-5-13(6-4-12)17(27)7-8-26-16-10-14(18(20,21)22)9-15(11-16)19(23,24)25/h3-11,26H,2H2,1H3/b8-7-. The first-order valence-corrected chi connectivity index (χ1v) is 7.86. The van der Waals surface area contributed by atoms with Crippen LogP contribution >= 0.6 is 0 Å². The Labute approximate surface area is 151 Å². The third-order valence-corrected chi connectivity index (χ3v) is 3.72. The van der Waals surface area contributed by atoms with Crippen LogP contribution in [0.15, 0.2) is 54.7 Å². The number of carbonyl (C=O) groups excluding carboxylic acids is 1. The molecule has 0 aliphatic carbocycles. The van der Waals surface area contributed by atoms with Crippen LogP contribution in [0.4, 0.5) is 32.0 Å². The van der Waals surface area contributed by atoms with E-state index in [0.717, 1.165) is 24.3 Å². The highest BCUT2D eigenvalue weighted by atomic mass is 19.4. The number of nitrogens with one attached hydrogen (secondary N) is 1. The molecule has 0 aliphatic heterocycles. The molecule has 0 aromatic heterocycles. The van der Waals surface area contributed by atoms with Gasteiger partial charge in [0, 0.05) is 23.5 Å². The number of halogens is 6. The number of alkyl halides is 6. The average molecular weight is 387 g/mol. The molecule has 0 saturated carbocycles. The number of ketones is 1. The largest absolute Gasteiger partial charge is 0.416 e. The Kier molecular flexibility index (Phi) is 5.98. The second kappa shape index (κ2) is 7.85. The fraction of sp³-hybridized carbons (Fsp3) is 0.211. The van der Waals surface area contributed by atoms with E-state index in [1.165, 1.54) is 0 Å². The van der Waals surface area contributed by atoms with Crippen LogP contribution in [0.5, 0.6) is 0 Å². The van der Waals surface area contributed by atoms with Gasteiger partial charge < -0.3 is 5.32 Å². The van der Waals surface area contributed by atoms with E-state index >= 15 is 0 Å². The van der Waals surface area contributed by atoms with Crippen LogP contribution < -0.4 is 5.32 Å². The quantitative estimate of drug-likeness (QED) is 0.382. The Morgan fingerprint density at radius 1 is 0.926 bits per heavy atom. The summed E-state index contributed by atoms with van der Waals surface area (Å²) in [5.74, 6) is -0.437. The molecule has 2 aromatic carbocycles. The minimum atomic E-state index is -4.93. The molecule has 0 heterocycles. The minimum absolute atomic E-state index is 0.0370. The summed E-state index contributed by atoms with van der Waals surface area (Å²) in [7, 11) is 0. The highest BCUT2D eigenvalue weighted by Gasteiger charge is 2.36. The summed E-state index contributed by atoms with van der Waals surface area (Å²) in [6, 6.07) is 7.83. The first-order valence-electron chi connectivity index (χ1n) is 7.86. The summed E-state index contributed by atoms with van der Waals surface area (Å²) in [5.41, 5.74) is -1.92. The molecule has 0 atom stereocenters. The molecule has 2 aromatic rings. The van der Waals surface area contributed by atoms with E-state index in [-0.39, 0.29) is 6.07 Å². The normalized spacial score (nSPS) is 12.4. The lowest BCUT2D eigenvalue weighted by molar-refractivity contribution is -0.143. The van der Waals surface area contributed by atoms with Gasteiger partial charge in [0.1, 0.15) is 0 Å². The van der Waals surface area contributed by atoms with Gasteiger partial charge in [-0.1, -0.05) is 31.2 Å². The summed E-state index contributed by atoms with van der Waals surface area (Å²) in [6.07, 6.45) is -7.03. The van der Waals surface area contributed by atoms with Gasteiger partial charge in [-0.15, -0.1) is 0 Å². The molecule has 0 spiro atoms. The van der Waals surface area contributed by atoms with Crippen molar-refractivity contribution in [2.24, 2.45) is 0 Å². The van der Waals surface area contributed by atoms with Crippen molar-refractivity contribution in [1.29, 1.82) is 0 Å². The van der Waals surface area contributed by atoms with Gasteiger partial charge in [-0.2, -0.15) is 26.3 Å². The van der Waals surface area contributed by atoms with Crippen LogP contribution in [0.25, 0.3) is 0 Å². The maximum atomic E-state index is 12.8. The van der Waals surface area contributed by atoms with Crippen LogP contribution in [0.1, 0.15) is 34.0 Å². The van der Waals surface area contributed by atoms with Crippen LogP contribution in [0.2, 0.25) is 0 Å². The molecule has 2 rings (SSSR count). The number of rotatable bonds is 5. The lowest BCUT2D eigenvalue weighted by Gasteiger charge is -2.14. The predicted molar refractivity (Wildman–Crippen MR) is 89.4 cm³/mol. The fourth-order valence-electron chi connectivity index (χ4n) is 2.25. The van der Waals surface area contributed by atoms with Crippen molar-refractivity contribution in [2.75, 3.05) is 5.32 Å². The first kappa shape index (κ1) is 20.5. The molecule has 0 bridgehead atoms. The van der Waals surface area contributed by atoms with Crippen LogP contribution in [0, 0.1) is 0 Å². The van der Waals surface area contributed by atoms with Crippen molar-refractivity contribution in [2.45, 2.75) is 25.7 Å². The van der Waals surface area contributed by atoms with Gasteiger partial charge in [0.2, 0.25) is 0 Å². The van der Waals surface area contributed by atoms with E-state index in [4.69, 9.17) is 0 Å². The zero-order chi connectivity index (χ0) is 20.2. The van der Waals surface area contributed by atoms with Crippen molar-refractivity contribution >= 4 is 11.5 Å². The second-order valence-electron chi connectivity index (χ2n) is 5.69. The number of carbonyl (C=O) groups is 1. The van der Waals surface area contributed by atoms with E-state index in [0.29, 0.717) is 17.7 Å². The summed E-state index contributed by atoms with van der Waals surface area (Å²) in [6.45, 7) is 1.95. The number of hydrogen-bond acceptors (Lipinski definition) is 2. The van der Waals surface area contributed by atoms with Crippen LogP contribution in [-0.2, 0) is 18.8 Å². The van der Waals surface area contributed by atoms with E-state index in [1.807, 2.05) is 6.92 Å². The molecule has 0 fully saturated rings. The van der Waals surface area contributed by atoms with Crippen LogP contribution in [-0.4, -0.2) is 5.78 Å². The number of aryl methyl sites for hydroxylation is 1. The van der Waals surface area contributed by atoms with Gasteiger partial charge in [-0.25, -0.2) is 0 Å². The van der Waals surface area contributed by atoms with Gasteiger partial charge in [-0.05, 0) is 30.2 Å². The second-order valence-corrected chi connectivity index (χ2v) is 5.69. The zero-order valence-electron chi connectivity index (χ0n) is 14.1. The van der Waals surface area contributed by atoms with Gasteiger partial charge in [0.05, 0.1) is 11.1 Å². The molecule has 2 nitrogen and oxygen atoms in total. The lowest BCUT2D eigenvalue weighted by Crippen LogP contribution is -2.11. The Bertz CT molecular complexity index is 803. The van der Waals surface area contributed by atoms with Gasteiger partial charge in [0.15, 0.2) is 5.78 Å². The number of anilines is 1. The minimum Gasteiger partial charge on any atom is -0.362 e. The Morgan fingerprint density at radius 3 is 1.89 bits per heavy atom. The van der Waals surface area contributed by atoms with Crippen molar-refractivity contribution in [3.05, 3.63) is 77.0 Å². The Balaban J connectivity index is 2.20.